The van der Waals surface area contributed by atoms with Gasteiger partial charge < -0.3 is 19.4 Å². The Labute approximate surface area is 156 Å². The van der Waals surface area contributed by atoms with E-state index in [-0.39, 0.29) is 11.3 Å². The fourth-order valence-electron chi connectivity index (χ4n) is 4.19. The Morgan fingerprint density at radius 1 is 1.22 bits per heavy atom. The quantitative estimate of drug-likeness (QED) is 0.882. The Morgan fingerprint density at radius 3 is 2.52 bits per heavy atom. The third-order valence-electron chi connectivity index (χ3n) is 5.74. The lowest BCUT2D eigenvalue weighted by atomic mass is 9.76. The van der Waals surface area contributed by atoms with Gasteiger partial charge in [-0.15, -0.1) is 0 Å². The van der Waals surface area contributed by atoms with Crippen LogP contribution in [-0.4, -0.2) is 57.7 Å². The van der Waals surface area contributed by atoms with Crippen LogP contribution in [0.15, 0.2) is 34.9 Å². The second-order valence-electron chi connectivity index (χ2n) is 7.46. The number of likely N-dealkylation sites (tertiary alicyclic amines) is 1. The van der Waals surface area contributed by atoms with Crippen molar-refractivity contribution in [2.24, 2.45) is 5.41 Å². The second-order valence-corrected chi connectivity index (χ2v) is 7.46. The molecule has 1 aromatic carbocycles. The molecule has 2 aliphatic heterocycles. The molecular weight excluding hydrogens is 348 g/mol. The van der Waals surface area contributed by atoms with Crippen molar-refractivity contribution in [1.29, 1.82) is 0 Å². The number of carbonyl (C=O) groups excluding carboxylic acids is 1. The number of nitrogens with zero attached hydrogens (tertiary/aromatic N) is 4. The van der Waals surface area contributed by atoms with E-state index < -0.39 is 12.0 Å². The maximum absolute atomic E-state index is 11.8. The van der Waals surface area contributed by atoms with Crippen LogP contribution >= 0.6 is 0 Å². The Balaban J connectivity index is 1.44. The van der Waals surface area contributed by atoms with Gasteiger partial charge in [-0.2, -0.15) is 4.98 Å². The molecular formula is C19H22N4O4. The van der Waals surface area contributed by atoms with Gasteiger partial charge in [-0.3, -0.25) is 4.79 Å². The van der Waals surface area contributed by atoms with E-state index in [1.54, 1.807) is 0 Å². The summed E-state index contributed by atoms with van der Waals surface area (Å²) < 4.78 is 5.38. The van der Waals surface area contributed by atoms with Crippen LogP contribution in [0.25, 0.3) is 11.5 Å². The van der Waals surface area contributed by atoms with Crippen LogP contribution in [0.3, 0.4) is 0 Å². The van der Waals surface area contributed by atoms with Crippen LogP contribution in [-0.2, 0) is 9.59 Å². The number of carbonyl (C=O) groups is 2. The van der Waals surface area contributed by atoms with Crippen LogP contribution in [0.5, 0.6) is 0 Å². The van der Waals surface area contributed by atoms with Gasteiger partial charge in [-0.25, -0.2) is 4.79 Å². The molecule has 0 radical (unpaired) electrons. The van der Waals surface area contributed by atoms with Crippen molar-refractivity contribution in [3.8, 4) is 11.5 Å². The van der Waals surface area contributed by atoms with Gasteiger partial charge >= 0.3 is 5.97 Å². The van der Waals surface area contributed by atoms with Gasteiger partial charge in [-0.05, 0) is 42.0 Å². The number of anilines is 1. The molecule has 1 spiro atoms. The number of aromatic nitrogens is 2. The minimum absolute atomic E-state index is 0.142. The summed E-state index contributed by atoms with van der Waals surface area (Å²) >= 11 is 0. The van der Waals surface area contributed by atoms with E-state index in [9.17, 15) is 14.7 Å². The van der Waals surface area contributed by atoms with E-state index in [0.717, 1.165) is 18.4 Å². The van der Waals surface area contributed by atoms with Gasteiger partial charge in [-0.1, -0.05) is 18.2 Å². The number of carboxylic acid groups (broad SMARTS) is 1. The molecule has 142 valence electrons. The summed E-state index contributed by atoms with van der Waals surface area (Å²) in [4.78, 5) is 31.4. The van der Waals surface area contributed by atoms with E-state index in [0.29, 0.717) is 37.9 Å². The SMILES string of the molecule is CC(=O)N1CC2(CCN(c3noc(-c4ccccc4)n3)CC2)CC1C(=O)O. The number of hydrogen-bond donors (Lipinski definition) is 1. The highest BCUT2D eigenvalue weighted by molar-refractivity contribution is 5.83. The van der Waals surface area contributed by atoms with Crippen molar-refractivity contribution in [3.63, 3.8) is 0 Å². The number of carboxylic acids is 1. The summed E-state index contributed by atoms with van der Waals surface area (Å²) in [5, 5.41) is 13.5. The van der Waals surface area contributed by atoms with Crippen LogP contribution in [0.2, 0.25) is 0 Å². The molecule has 1 unspecified atom stereocenters. The zero-order valence-electron chi connectivity index (χ0n) is 15.2. The van der Waals surface area contributed by atoms with Crippen LogP contribution < -0.4 is 4.90 Å². The Hall–Kier alpha value is -2.90. The van der Waals surface area contributed by atoms with Crippen molar-refractivity contribution in [3.05, 3.63) is 30.3 Å². The predicted octanol–water partition coefficient (Wildman–Crippen LogP) is 2.03. The number of rotatable bonds is 3. The molecule has 27 heavy (non-hydrogen) atoms. The molecule has 3 heterocycles. The summed E-state index contributed by atoms with van der Waals surface area (Å²) in [5.74, 6) is -0.0529. The van der Waals surface area contributed by atoms with Crippen molar-refractivity contribution >= 4 is 17.8 Å². The molecule has 8 heteroatoms. The standard InChI is InChI=1S/C19H22N4O4/c1-13(24)23-12-19(11-15(23)17(25)26)7-9-22(10-8-19)18-20-16(27-21-18)14-5-3-2-4-6-14/h2-6,15H,7-12H2,1H3,(H,25,26). The summed E-state index contributed by atoms with van der Waals surface area (Å²) in [5.41, 5.74) is 0.735. The maximum atomic E-state index is 11.8. The number of aliphatic carboxylic acids is 1. The monoisotopic (exact) mass is 370 g/mol. The summed E-state index contributed by atoms with van der Waals surface area (Å²) in [7, 11) is 0. The molecule has 8 nitrogen and oxygen atoms in total. The maximum Gasteiger partial charge on any atom is 0.326 e. The molecule has 1 amide bonds. The van der Waals surface area contributed by atoms with Gasteiger partial charge in [0.05, 0.1) is 0 Å². The summed E-state index contributed by atoms with van der Waals surface area (Å²) in [6.07, 6.45) is 2.11. The van der Waals surface area contributed by atoms with E-state index in [1.165, 1.54) is 11.8 Å². The number of piperidine rings is 1. The molecule has 0 aliphatic carbocycles. The van der Waals surface area contributed by atoms with Gasteiger partial charge in [0.2, 0.25) is 5.91 Å². The number of hydrogen-bond acceptors (Lipinski definition) is 6. The second kappa shape index (κ2) is 6.68. The van der Waals surface area contributed by atoms with Crippen molar-refractivity contribution in [2.75, 3.05) is 24.5 Å². The van der Waals surface area contributed by atoms with E-state index in [1.807, 2.05) is 30.3 Å². The summed E-state index contributed by atoms with van der Waals surface area (Å²) in [6, 6.07) is 8.89. The lowest BCUT2D eigenvalue weighted by Crippen LogP contribution is -2.42. The van der Waals surface area contributed by atoms with E-state index >= 15 is 0 Å². The average Bonchev–Trinajstić information content (AvgIpc) is 3.29. The first-order valence-corrected chi connectivity index (χ1v) is 9.12. The smallest absolute Gasteiger partial charge is 0.326 e. The van der Waals surface area contributed by atoms with Gasteiger partial charge in [0.25, 0.3) is 11.8 Å². The molecule has 0 bridgehead atoms. The van der Waals surface area contributed by atoms with Crippen molar-refractivity contribution in [1.82, 2.24) is 15.0 Å². The predicted molar refractivity (Wildman–Crippen MR) is 97.0 cm³/mol. The highest BCUT2D eigenvalue weighted by Crippen LogP contribution is 2.44. The largest absolute Gasteiger partial charge is 0.480 e. The fraction of sp³-hybridized carbons (Fsp3) is 0.474. The topological polar surface area (TPSA) is 99.8 Å². The first-order chi connectivity index (χ1) is 13.0. The Kier molecular flexibility index (Phi) is 4.33. The van der Waals surface area contributed by atoms with Crippen LogP contribution in [0.1, 0.15) is 26.2 Å². The summed E-state index contributed by atoms with van der Waals surface area (Å²) in [6.45, 7) is 3.38. The minimum atomic E-state index is -0.921. The fourth-order valence-corrected chi connectivity index (χ4v) is 4.19. The Morgan fingerprint density at radius 2 is 1.93 bits per heavy atom. The average molecular weight is 370 g/mol. The molecule has 0 saturated carbocycles. The third-order valence-corrected chi connectivity index (χ3v) is 5.74. The third kappa shape index (κ3) is 3.27. The molecule has 2 aliphatic rings. The normalized spacial score (nSPS) is 21.6. The molecule has 2 aromatic rings. The Bertz CT molecular complexity index is 818. The number of amides is 1. The molecule has 1 N–H and O–H groups in total. The zero-order chi connectivity index (χ0) is 19.0. The van der Waals surface area contributed by atoms with Gasteiger partial charge in [0.1, 0.15) is 6.04 Å². The van der Waals surface area contributed by atoms with Crippen LogP contribution in [0, 0.1) is 5.41 Å². The van der Waals surface area contributed by atoms with Crippen LogP contribution in [0.4, 0.5) is 5.95 Å². The molecule has 1 aromatic heterocycles. The first-order valence-electron chi connectivity index (χ1n) is 9.12. The number of benzene rings is 1. The lowest BCUT2D eigenvalue weighted by molar-refractivity contribution is -0.147. The van der Waals surface area contributed by atoms with Crippen molar-refractivity contribution in [2.45, 2.75) is 32.2 Å². The molecule has 2 saturated heterocycles. The highest BCUT2D eigenvalue weighted by atomic mass is 16.5. The van der Waals surface area contributed by atoms with E-state index in [2.05, 4.69) is 15.0 Å². The van der Waals surface area contributed by atoms with Gasteiger partial charge in [0.15, 0.2) is 0 Å². The molecule has 4 rings (SSSR count). The van der Waals surface area contributed by atoms with Crippen molar-refractivity contribution < 1.29 is 19.2 Å². The molecule has 2 fully saturated rings. The lowest BCUT2D eigenvalue weighted by Gasteiger charge is -2.38. The zero-order valence-corrected chi connectivity index (χ0v) is 15.2. The highest BCUT2D eigenvalue weighted by Gasteiger charge is 2.49. The van der Waals surface area contributed by atoms with Gasteiger partial charge in [0, 0.05) is 32.1 Å². The van der Waals surface area contributed by atoms with E-state index in [4.69, 9.17) is 4.52 Å². The molecule has 1 atom stereocenters. The first kappa shape index (κ1) is 17.5. The minimum Gasteiger partial charge on any atom is -0.480 e.